The van der Waals surface area contributed by atoms with Crippen molar-refractivity contribution in [3.05, 3.63) is 30.3 Å². The monoisotopic (exact) mass is 389 g/mol. The second-order valence-corrected chi connectivity index (χ2v) is 10.2. The predicted molar refractivity (Wildman–Crippen MR) is 98.0 cm³/mol. The lowest BCUT2D eigenvalue weighted by Gasteiger charge is -2.42. The molecule has 0 spiro atoms. The first-order valence-electron chi connectivity index (χ1n) is 8.47. The van der Waals surface area contributed by atoms with E-state index in [0.29, 0.717) is 6.42 Å². The molecule has 25 heavy (non-hydrogen) atoms. The quantitative estimate of drug-likeness (QED) is 0.607. The maximum absolute atomic E-state index is 12.4. The summed E-state index contributed by atoms with van der Waals surface area (Å²) in [5.74, 6) is -0.171. The molecule has 1 aromatic rings. The fraction of sp³-hybridized carbons (Fsp3) is 0.625. The first kappa shape index (κ1) is 20.3. The molecular formula is C16H27N3O4S2. The standard InChI is InChI=1S/C16H27N3O4S2/c1-14-7-5-6-10-16(14,13-17)19-24(20,21)12-11-18-25(22,23)15-8-3-2-4-9-15/h2-4,8-9,14,18-19H,5-7,10-13,17H2,1H3. The number of benzene rings is 1. The maximum Gasteiger partial charge on any atom is 0.240 e. The van der Waals surface area contributed by atoms with Crippen LogP contribution in [0.1, 0.15) is 32.6 Å². The van der Waals surface area contributed by atoms with E-state index in [1.807, 2.05) is 6.92 Å². The van der Waals surface area contributed by atoms with E-state index in [2.05, 4.69) is 9.44 Å². The molecule has 142 valence electrons. The average Bonchev–Trinajstić information content (AvgIpc) is 2.57. The fourth-order valence-electron chi connectivity index (χ4n) is 3.26. The molecule has 9 heteroatoms. The van der Waals surface area contributed by atoms with E-state index in [1.54, 1.807) is 18.2 Å². The third-order valence-corrected chi connectivity index (χ3v) is 7.83. The Morgan fingerprint density at radius 1 is 1.16 bits per heavy atom. The van der Waals surface area contributed by atoms with Crippen molar-refractivity contribution in [1.82, 2.24) is 9.44 Å². The third kappa shape index (κ3) is 5.24. The minimum Gasteiger partial charge on any atom is -0.329 e. The molecular weight excluding hydrogens is 362 g/mol. The molecule has 1 aromatic carbocycles. The van der Waals surface area contributed by atoms with Crippen LogP contribution in [0.25, 0.3) is 0 Å². The van der Waals surface area contributed by atoms with Crippen LogP contribution >= 0.6 is 0 Å². The second-order valence-electron chi connectivity index (χ2n) is 6.64. The molecule has 0 amide bonds. The van der Waals surface area contributed by atoms with Crippen molar-refractivity contribution < 1.29 is 16.8 Å². The summed E-state index contributed by atoms with van der Waals surface area (Å²) in [6.45, 7) is 2.05. The normalized spacial score (nSPS) is 25.0. The molecule has 0 radical (unpaired) electrons. The third-order valence-electron chi connectivity index (χ3n) is 4.89. The highest BCUT2D eigenvalue weighted by atomic mass is 32.2. The van der Waals surface area contributed by atoms with E-state index in [1.165, 1.54) is 12.1 Å². The largest absolute Gasteiger partial charge is 0.329 e. The van der Waals surface area contributed by atoms with Crippen LogP contribution in [0.3, 0.4) is 0 Å². The van der Waals surface area contributed by atoms with Crippen molar-refractivity contribution in [3.8, 4) is 0 Å². The topological polar surface area (TPSA) is 118 Å². The molecule has 0 aromatic heterocycles. The van der Waals surface area contributed by atoms with Gasteiger partial charge in [0.2, 0.25) is 20.0 Å². The second kappa shape index (κ2) is 8.13. The summed E-state index contributed by atoms with van der Waals surface area (Å²) in [7, 11) is -7.36. The summed E-state index contributed by atoms with van der Waals surface area (Å²) < 4.78 is 54.2. The van der Waals surface area contributed by atoms with Gasteiger partial charge >= 0.3 is 0 Å². The van der Waals surface area contributed by atoms with Crippen molar-refractivity contribution in [1.29, 1.82) is 0 Å². The molecule has 0 aliphatic heterocycles. The van der Waals surface area contributed by atoms with Gasteiger partial charge in [-0.1, -0.05) is 38.0 Å². The highest BCUT2D eigenvalue weighted by molar-refractivity contribution is 7.90. The molecule has 2 atom stereocenters. The van der Waals surface area contributed by atoms with Crippen molar-refractivity contribution in [3.63, 3.8) is 0 Å². The van der Waals surface area contributed by atoms with Crippen LogP contribution in [-0.2, 0) is 20.0 Å². The van der Waals surface area contributed by atoms with Crippen LogP contribution < -0.4 is 15.2 Å². The van der Waals surface area contributed by atoms with Crippen molar-refractivity contribution in [2.45, 2.75) is 43.0 Å². The van der Waals surface area contributed by atoms with E-state index >= 15 is 0 Å². The van der Waals surface area contributed by atoms with Gasteiger partial charge in [0.05, 0.1) is 10.6 Å². The highest BCUT2D eigenvalue weighted by Crippen LogP contribution is 2.33. The minimum atomic E-state index is -3.71. The molecule has 0 bridgehead atoms. The number of sulfonamides is 2. The van der Waals surface area contributed by atoms with E-state index in [0.717, 1.165) is 19.3 Å². The van der Waals surface area contributed by atoms with Crippen LogP contribution in [0.15, 0.2) is 35.2 Å². The lowest BCUT2D eigenvalue weighted by Crippen LogP contribution is -2.59. The Balaban J connectivity index is 1.97. The Bertz CT molecular complexity index is 766. The van der Waals surface area contributed by atoms with Crippen LogP contribution in [0, 0.1) is 5.92 Å². The predicted octanol–water partition coefficient (Wildman–Crippen LogP) is 0.792. The van der Waals surface area contributed by atoms with Crippen LogP contribution in [0.4, 0.5) is 0 Å². The summed E-state index contributed by atoms with van der Waals surface area (Å²) in [5.41, 5.74) is 5.24. The number of hydrogen-bond acceptors (Lipinski definition) is 5. The Labute approximate surface area is 150 Å². The van der Waals surface area contributed by atoms with Crippen molar-refractivity contribution in [2.24, 2.45) is 11.7 Å². The van der Waals surface area contributed by atoms with Gasteiger partial charge < -0.3 is 5.73 Å². The Hall–Kier alpha value is -1.00. The Morgan fingerprint density at radius 3 is 2.44 bits per heavy atom. The molecule has 1 aliphatic rings. The molecule has 4 N–H and O–H groups in total. The number of hydrogen-bond donors (Lipinski definition) is 3. The summed E-state index contributed by atoms with van der Waals surface area (Å²) in [4.78, 5) is 0.111. The zero-order valence-corrected chi connectivity index (χ0v) is 16.1. The fourth-order valence-corrected chi connectivity index (χ4v) is 5.93. The lowest BCUT2D eigenvalue weighted by molar-refractivity contribution is 0.191. The van der Waals surface area contributed by atoms with Gasteiger partial charge in [-0.2, -0.15) is 0 Å². The van der Waals surface area contributed by atoms with Crippen molar-refractivity contribution in [2.75, 3.05) is 18.8 Å². The molecule has 2 rings (SSSR count). The summed E-state index contributed by atoms with van der Waals surface area (Å²) in [5, 5.41) is 0. The molecule has 7 nitrogen and oxygen atoms in total. The zero-order chi connectivity index (χ0) is 18.6. The average molecular weight is 390 g/mol. The van der Waals surface area contributed by atoms with E-state index < -0.39 is 25.6 Å². The molecule has 2 unspecified atom stereocenters. The van der Waals surface area contributed by atoms with Crippen LogP contribution in [0.5, 0.6) is 0 Å². The van der Waals surface area contributed by atoms with Gasteiger partial charge in [-0.05, 0) is 30.9 Å². The van der Waals surface area contributed by atoms with Gasteiger partial charge in [-0.15, -0.1) is 0 Å². The smallest absolute Gasteiger partial charge is 0.240 e. The highest BCUT2D eigenvalue weighted by Gasteiger charge is 2.40. The SMILES string of the molecule is CC1CCCCC1(CN)NS(=O)(=O)CCNS(=O)(=O)c1ccccc1. The molecule has 0 heterocycles. The number of nitrogens with two attached hydrogens (primary N) is 1. The number of rotatable bonds is 8. The van der Waals surface area contributed by atoms with E-state index in [9.17, 15) is 16.8 Å². The Kier molecular flexibility index (Phi) is 6.61. The van der Waals surface area contributed by atoms with E-state index in [-0.39, 0.29) is 29.7 Å². The zero-order valence-electron chi connectivity index (χ0n) is 14.4. The molecule has 1 aliphatic carbocycles. The molecule has 1 fully saturated rings. The van der Waals surface area contributed by atoms with Gasteiger partial charge in [-0.3, -0.25) is 0 Å². The first-order chi connectivity index (χ1) is 11.7. The van der Waals surface area contributed by atoms with Gasteiger partial charge in [-0.25, -0.2) is 26.3 Å². The van der Waals surface area contributed by atoms with Gasteiger partial charge in [0, 0.05) is 18.6 Å². The van der Waals surface area contributed by atoms with Crippen LogP contribution in [-0.4, -0.2) is 41.2 Å². The minimum absolute atomic E-state index is 0.111. The lowest BCUT2D eigenvalue weighted by atomic mass is 9.74. The summed E-state index contributed by atoms with van der Waals surface area (Å²) in [6, 6.07) is 7.86. The van der Waals surface area contributed by atoms with Crippen LogP contribution in [0.2, 0.25) is 0 Å². The summed E-state index contributed by atoms with van der Waals surface area (Å²) >= 11 is 0. The van der Waals surface area contributed by atoms with Crippen molar-refractivity contribution >= 4 is 20.0 Å². The molecule has 1 saturated carbocycles. The Morgan fingerprint density at radius 2 is 1.84 bits per heavy atom. The molecule has 0 saturated heterocycles. The maximum atomic E-state index is 12.4. The van der Waals surface area contributed by atoms with Gasteiger partial charge in [0.25, 0.3) is 0 Å². The summed E-state index contributed by atoms with van der Waals surface area (Å²) in [6.07, 6.45) is 3.65. The number of nitrogens with one attached hydrogen (secondary N) is 2. The van der Waals surface area contributed by atoms with Gasteiger partial charge in [0.1, 0.15) is 0 Å². The van der Waals surface area contributed by atoms with E-state index in [4.69, 9.17) is 5.73 Å². The van der Waals surface area contributed by atoms with Gasteiger partial charge in [0.15, 0.2) is 0 Å². The first-order valence-corrected chi connectivity index (χ1v) is 11.6.